The maximum Gasteiger partial charge on any atom is 0.296 e. The van der Waals surface area contributed by atoms with Crippen LogP contribution in [0.15, 0.2) is 81.4 Å². The van der Waals surface area contributed by atoms with E-state index in [-0.39, 0.29) is 11.6 Å². The molecule has 9 heteroatoms. The van der Waals surface area contributed by atoms with Crippen LogP contribution in [0.2, 0.25) is 0 Å². The largest absolute Gasteiger partial charge is 0.497 e. The van der Waals surface area contributed by atoms with Crippen LogP contribution >= 0.6 is 15.9 Å². The Bertz CT molecular complexity index is 1690. The van der Waals surface area contributed by atoms with Crippen molar-refractivity contribution in [2.24, 2.45) is 10.2 Å². The number of fused-ring (bicyclic) bond motifs is 2. The van der Waals surface area contributed by atoms with Crippen LogP contribution in [0.1, 0.15) is 23.7 Å². The first kappa shape index (κ1) is 25.4. The second-order valence-electron chi connectivity index (χ2n) is 8.66. The second kappa shape index (κ2) is 10.6. The summed E-state index contributed by atoms with van der Waals surface area (Å²) in [7, 11) is 3.13. The van der Waals surface area contributed by atoms with E-state index in [9.17, 15) is 9.90 Å². The molecule has 2 heterocycles. The summed E-state index contributed by atoms with van der Waals surface area (Å²) in [5.41, 5.74) is 3.42. The number of benzene rings is 3. The highest BCUT2D eigenvalue weighted by atomic mass is 79.9. The van der Waals surface area contributed by atoms with E-state index in [1.165, 1.54) is 0 Å². The molecule has 0 unspecified atom stereocenters. The minimum Gasteiger partial charge on any atom is -0.497 e. The first-order valence-electron chi connectivity index (χ1n) is 12.0. The molecule has 0 spiro atoms. The minimum atomic E-state index is -0.567. The van der Waals surface area contributed by atoms with E-state index >= 15 is 0 Å². The number of hydrogen-bond donors (Lipinski definition) is 1. The van der Waals surface area contributed by atoms with Crippen LogP contribution in [0.3, 0.4) is 0 Å². The zero-order valence-electron chi connectivity index (χ0n) is 21.1. The van der Waals surface area contributed by atoms with Gasteiger partial charge in [-0.05, 0) is 61.0 Å². The molecule has 3 aromatic carbocycles. The van der Waals surface area contributed by atoms with Gasteiger partial charge in [-0.3, -0.25) is 4.79 Å². The van der Waals surface area contributed by atoms with Gasteiger partial charge in [0.25, 0.3) is 5.91 Å². The number of aryl methyl sites for hydroxylation is 1. The molecule has 0 bridgehead atoms. The molecular weight excluding hydrogens is 548 g/mol. The first-order chi connectivity index (χ1) is 18.4. The molecule has 2 aromatic heterocycles. The number of rotatable bonds is 7. The molecule has 8 nitrogen and oxygen atoms in total. The zero-order valence-corrected chi connectivity index (χ0v) is 22.7. The summed E-state index contributed by atoms with van der Waals surface area (Å²) in [5.74, 6) is 0.584. The van der Waals surface area contributed by atoms with Crippen molar-refractivity contribution >= 4 is 49.3 Å². The highest BCUT2D eigenvalue weighted by Gasteiger charge is 2.19. The van der Waals surface area contributed by atoms with Gasteiger partial charge in [-0.1, -0.05) is 35.0 Å². The number of aromatic hydroxyl groups is 1. The number of ether oxygens (including phenoxy) is 2. The van der Waals surface area contributed by atoms with Crippen LogP contribution in [0.25, 0.3) is 33.1 Å². The standard InChI is InChI=1S/C29H25BrN4O4/c1-4-13-34-26-12-10-20(38-3)15-23(26)27(29(34)36)32-33-28(35)22-16-25(17-5-7-18(30)8-6-17)31-24-11-9-19(37-2)14-21(22)24/h5-12,14-16,36H,4,13H2,1-3H3. The highest BCUT2D eigenvalue weighted by Crippen LogP contribution is 2.41. The van der Waals surface area contributed by atoms with E-state index in [4.69, 9.17) is 14.5 Å². The maximum absolute atomic E-state index is 13.5. The van der Waals surface area contributed by atoms with Crippen molar-refractivity contribution in [3.8, 4) is 28.6 Å². The Balaban J connectivity index is 1.63. The highest BCUT2D eigenvalue weighted by molar-refractivity contribution is 9.10. The molecule has 0 aliphatic carbocycles. The van der Waals surface area contributed by atoms with Crippen LogP contribution in [-0.2, 0) is 6.54 Å². The zero-order chi connectivity index (χ0) is 26.8. The van der Waals surface area contributed by atoms with Gasteiger partial charge in [-0.2, -0.15) is 0 Å². The number of carbonyl (C=O) groups is 1. The van der Waals surface area contributed by atoms with Crippen molar-refractivity contribution in [2.75, 3.05) is 14.2 Å². The molecule has 0 saturated carbocycles. The van der Waals surface area contributed by atoms with Gasteiger partial charge in [-0.15, -0.1) is 10.2 Å². The van der Waals surface area contributed by atoms with Crippen LogP contribution in [0, 0.1) is 0 Å². The Hall–Kier alpha value is -4.24. The Kier molecular flexibility index (Phi) is 7.11. The fraction of sp³-hybridized carbons (Fsp3) is 0.172. The number of hydrogen-bond acceptors (Lipinski definition) is 6. The quantitative estimate of drug-likeness (QED) is 0.202. The minimum absolute atomic E-state index is 0.0524. The summed E-state index contributed by atoms with van der Waals surface area (Å²) in [6.45, 7) is 2.61. The second-order valence-corrected chi connectivity index (χ2v) is 9.57. The van der Waals surface area contributed by atoms with Crippen LogP contribution in [0.5, 0.6) is 17.4 Å². The Morgan fingerprint density at radius 3 is 2.34 bits per heavy atom. The number of nitrogens with zero attached hydrogens (tertiary/aromatic N) is 4. The average Bonchev–Trinajstić information content (AvgIpc) is 3.20. The summed E-state index contributed by atoms with van der Waals surface area (Å²) >= 11 is 3.45. The summed E-state index contributed by atoms with van der Waals surface area (Å²) < 4.78 is 13.4. The molecule has 1 N–H and O–H groups in total. The summed E-state index contributed by atoms with van der Waals surface area (Å²) in [5, 5.41) is 20.5. The van der Waals surface area contributed by atoms with Crippen molar-refractivity contribution in [1.82, 2.24) is 9.55 Å². The van der Waals surface area contributed by atoms with Gasteiger partial charge in [0.05, 0.1) is 36.5 Å². The monoisotopic (exact) mass is 572 g/mol. The molecule has 5 rings (SSSR count). The summed E-state index contributed by atoms with van der Waals surface area (Å²) in [6, 6.07) is 20.2. The van der Waals surface area contributed by atoms with E-state index in [0.717, 1.165) is 22.0 Å². The third-order valence-electron chi connectivity index (χ3n) is 6.29. The molecule has 1 amide bonds. The van der Waals surface area contributed by atoms with Crippen LogP contribution in [0.4, 0.5) is 5.69 Å². The van der Waals surface area contributed by atoms with Crippen molar-refractivity contribution in [1.29, 1.82) is 0 Å². The Morgan fingerprint density at radius 1 is 0.974 bits per heavy atom. The maximum atomic E-state index is 13.5. The van der Waals surface area contributed by atoms with Gasteiger partial charge in [0, 0.05) is 27.4 Å². The molecule has 5 aromatic rings. The molecule has 0 radical (unpaired) electrons. The van der Waals surface area contributed by atoms with Gasteiger partial charge in [0.1, 0.15) is 11.5 Å². The predicted molar refractivity (Wildman–Crippen MR) is 151 cm³/mol. The molecule has 0 aliphatic heterocycles. The van der Waals surface area contributed by atoms with E-state index in [1.807, 2.05) is 43.3 Å². The number of aromatic nitrogens is 2. The van der Waals surface area contributed by atoms with Gasteiger partial charge in [0.15, 0.2) is 5.69 Å². The lowest BCUT2D eigenvalue weighted by Gasteiger charge is -2.09. The third-order valence-corrected chi connectivity index (χ3v) is 6.82. The van der Waals surface area contributed by atoms with Crippen LogP contribution < -0.4 is 9.47 Å². The fourth-order valence-electron chi connectivity index (χ4n) is 4.40. The summed E-state index contributed by atoms with van der Waals surface area (Å²) in [4.78, 5) is 18.3. The van der Waals surface area contributed by atoms with Gasteiger partial charge < -0.3 is 19.1 Å². The van der Waals surface area contributed by atoms with Gasteiger partial charge >= 0.3 is 0 Å². The fourth-order valence-corrected chi connectivity index (χ4v) is 4.67. The molecular formula is C29H25BrN4O4. The van der Waals surface area contributed by atoms with Crippen molar-refractivity contribution in [3.63, 3.8) is 0 Å². The number of pyridine rings is 1. The third kappa shape index (κ3) is 4.72. The average molecular weight is 573 g/mol. The topological polar surface area (TPSA) is 98.3 Å². The van der Waals surface area contributed by atoms with Crippen molar-refractivity contribution < 1.29 is 19.4 Å². The van der Waals surface area contributed by atoms with Crippen molar-refractivity contribution in [3.05, 3.63) is 76.8 Å². The van der Waals surface area contributed by atoms with Gasteiger partial charge in [0.2, 0.25) is 5.88 Å². The predicted octanol–water partition coefficient (Wildman–Crippen LogP) is 7.68. The summed E-state index contributed by atoms with van der Waals surface area (Å²) in [6.07, 6.45) is 0.808. The molecule has 0 saturated heterocycles. The van der Waals surface area contributed by atoms with E-state index < -0.39 is 5.91 Å². The van der Waals surface area contributed by atoms with Crippen LogP contribution in [-0.4, -0.2) is 34.8 Å². The number of methoxy groups -OCH3 is 2. The smallest absolute Gasteiger partial charge is 0.296 e. The molecule has 38 heavy (non-hydrogen) atoms. The Morgan fingerprint density at radius 2 is 1.66 bits per heavy atom. The van der Waals surface area contributed by atoms with E-state index in [1.54, 1.807) is 49.1 Å². The molecule has 0 aliphatic rings. The van der Waals surface area contributed by atoms with Gasteiger partial charge in [-0.25, -0.2) is 4.98 Å². The number of azo groups is 1. The lowest BCUT2D eigenvalue weighted by Crippen LogP contribution is -1.99. The Labute approximate surface area is 227 Å². The number of carbonyl (C=O) groups excluding carboxylic acids is 1. The number of amides is 1. The first-order valence-corrected chi connectivity index (χ1v) is 12.8. The molecule has 192 valence electrons. The molecule has 0 atom stereocenters. The van der Waals surface area contributed by atoms with E-state index in [0.29, 0.717) is 45.6 Å². The van der Waals surface area contributed by atoms with Crippen molar-refractivity contribution in [2.45, 2.75) is 19.9 Å². The molecule has 0 fully saturated rings. The SMILES string of the molecule is CCCn1c(O)c(N=NC(=O)c2cc(-c3ccc(Br)cc3)nc3ccc(OC)cc23)c2cc(OC)ccc21. The lowest BCUT2D eigenvalue weighted by molar-refractivity contribution is 0.0996. The lowest BCUT2D eigenvalue weighted by atomic mass is 10.0. The number of halogens is 1. The normalized spacial score (nSPS) is 11.5. The van der Waals surface area contributed by atoms with E-state index in [2.05, 4.69) is 26.2 Å².